The highest BCUT2D eigenvalue weighted by Crippen LogP contribution is 2.06. The minimum absolute atomic E-state index is 0.418. The zero-order valence-corrected chi connectivity index (χ0v) is 9.84. The molecule has 1 aliphatic rings. The molecular formula is C13H24N2. The molecule has 0 amide bonds. The molecule has 1 rings (SSSR count). The van der Waals surface area contributed by atoms with Crippen LogP contribution < -0.4 is 10.6 Å². The van der Waals surface area contributed by atoms with E-state index in [4.69, 9.17) is 0 Å². The Hall–Kier alpha value is -0.920. The molecule has 2 nitrogen and oxygen atoms in total. The molecule has 0 atom stereocenters. The predicted molar refractivity (Wildman–Crippen MR) is 66.3 cm³/mol. The Bertz CT molecular complexity index is 189. The van der Waals surface area contributed by atoms with E-state index in [1.165, 1.54) is 38.5 Å². The van der Waals surface area contributed by atoms with E-state index in [1.807, 2.05) is 12.4 Å². The second kappa shape index (κ2) is 8.39. The predicted octanol–water partition coefficient (Wildman–Crippen LogP) is 3.28. The van der Waals surface area contributed by atoms with Crippen molar-refractivity contribution >= 4 is 0 Å². The van der Waals surface area contributed by atoms with Crippen molar-refractivity contribution in [2.24, 2.45) is 0 Å². The van der Waals surface area contributed by atoms with Crippen LogP contribution in [-0.4, -0.2) is 6.17 Å². The van der Waals surface area contributed by atoms with Gasteiger partial charge in [0.1, 0.15) is 0 Å². The molecule has 0 spiro atoms. The second-order valence-corrected chi connectivity index (χ2v) is 4.13. The molecule has 1 aliphatic heterocycles. The van der Waals surface area contributed by atoms with E-state index in [9.17, 15) is 0 Å². The average molecular weight is 208 g/mol. The van der Waals surface area contributed by atoms with Gasteiger partial charge in [0.25, 0.3) is 0 Å². The Morgan fingerprint density at radius 2 is 1.73 bits per heavy atom. The van der Waals surface area contributed by atoms with Crippen molar-refractivity contribution in [2.75, 3.05) is 0 Å². The first kappa shape index (κ1) is 12.2. The number of rotatable bonds is 8. The van der Waals surface area contributed by atoms with Gasteiger partial charge in [-0.15, -0.1) is 0 Å². The van der Waals surface area contributed by atoms with Crippen molar-refractivity contribution < 1.29 is 0 Å². The number of hydrogen-bond acceptors (Lipinski definition) is 2. The van der Waals surface area contributed by atoms with Crippen LogP contribution in [0.25, 0.3) is 0 Å². The van der Waals surface area contributed by atoms with Crippen LogP contribution in [-0.2, 0) is 0 Å². The van der Waals surface area contributed by atoms with Crippen molar-refractivity contribution in [3.05, 3.63) is 24.6 Å². The Labute approximate surface area is 93.8 Å². The van der Waals surface area contributed by atoms with E-state index in [2.05, 4.69) is 29.7 Å². The van der Waals surface area contributed by atoms with Crippen LogP contribution in [0.3, 0.4) is 0 Å². The summed E-state index contributed by atoms with van der Waals surface area (Å²) in [7, 11) is 0. The fraction of sp³-hybridized carbons (Fsp3) is 0.692. The third-order valence-electron chi connectivity index (χ3n) is 2.69. The third kappa shape index (κ3) is 6.21. The van der Waals surface area contributed by atoms with Gasteiger partial charge in [-0.05, 0) is 12.8 Å². The van der Waals surface area contributed by atoms with Crippen molar-refractivity contribution in [2.45, 2.75) is 58.0 Å². The van der Waals surface area contributed by atoms with Gasteiger partial charge in [-0.1, -0.05) is 44.8 Å². The molecule has 1 heterocycles. The highest BCUT2D eigenvalue weighted by molar-refractivity contribution is 4.95. The van der Waals surface area contributed by atoms with Gasteiger partial charge in [0.15, 0.2) is 0 Å². The lowest BCUT2D eigenvalue weighted by Gasteiger charge is -2.08. The summed E-state index contributed by atoms with van der Waals surface area (Å²) < 4.78 is 0. The van der Waals surface area contributed by atoms with Gasteiger partial charge in [0, 0.05) is 18.8 Å². The highest BCUT2D eigenvalue weighted by atomic mass is 15.1. The summed E-state index contributed by atoms with van der Waals surface area (Å²) in [4.78, 5) is 0. The molecule has 0 aliphatic carbocycles. The van der Waals surface area contributed by atoms with Crippen LogP contribution >= 0.6 is 0 Å². The molecule has 0 radical (unpaired) electrons. The Balaban J connectivity index is 1.84. The second-order valence-electron chi connectivity index (χ2n) is 4.13. The van der Waals surface area contributed by atoms with Crippen molar-refractivity contribution in [1.82, 2.24) is 10.6 Å². The minimum atomic E-state index is 0.418. The first-order valence-electron chi connectivity index (χ1n) is 6.25. The van der Waals surface area contributed by atoms with Crippen LogP contribution in [0.4, 0.5) is 0 Å². The van der Waals surface area contributed by atoms with Crippen LogP contribution in [0.2, 0.25) is 0 Å². The molecule has 0 fully saturated rings. The summed E-state index contributed by atoms with van der Waals surface area (Å²) in [5.41, 5.74) is 0. The molecule has 2 N–H and O–H groups in total. The molecule has 0 aromatic heterocycles. The standard InChI is InChI=1S/C13H24N2/c1-2-3-4-5-6-7-8-9-10-13-14-11-12-15-13/h8-9,11-15H,2-7,10H2,1H3/b9-8+. The summed E-state index contributed by atoms with van der Waals surface area (Å²) in [6, 6.07) is 0. The summed E-state index contributed by atoms with van der Waals surface area (Å²) in [5.74, 6) is 0. The van der Waals surface area contributed by atoms with Crippen LogP contribution in [0, 0.1) is 0 Å². The third-order valence-corrected chi connectivity index (χ3v) is 2.69. The lowest BCUT2D eigenvalue weighted by atomic mass is 10.1. The summed E-state index contributed by atoms with van der Waals surface area (Å²) >= 11 is 0. The normalized spacial score (nSPS) is 15.8. The SMILES string of the molecule is CCCCCCC/C=C/CC1NC=CN1. The quantitative estimate of drug-likeness (QED) is 0.472. The topological polar surface area (TPSA) is 24.1 Å². The molecule has 0 aromatic rings. The molecular weight excluding hydrogens is 184 g/mol. The van der Waals surface area contributed by atoms with Gasteiger partial charge in [-0.2, -0.15) is 0 Å². The first-order valence-corrected chi connectivity index (χ1v) is 6.25. The molecule has 0 aromatic carbocycles. The molecule has 15 heavy (non-hydrogen) atoms. The maximum absolute atomic E-state index is 3.23. The summed E-state index contributed by atoms with van der Waals surface area (Å²) in [5, 5.41) is 6.46. The Kier molecular flexibility index (Phi) is 6.80. The molecule has 0 saturated carbocycles. The molecule has 0 saturated heterocycles. The lowest BCUT2D eigenvalue weighted by molar-refractivity contribution is 0.576. The van der Waals surface area contributed by atoms with Crippen molar-refractivity contribution in [3.8, 4) is 0 Å². The largest absolute Gasteiger partial charge is 0.370 e. The smallest absolute Gasteiger partial charge is 0.0991 e. The Morgan fingerprint density at radius 1 is 1.00 bits per heavy atom. The maximum atomic E-state index is 3.23. The van der Waals surface area contributed by atoms with Gasteiger partial charge in [0.05, 0.1) is 6.17 Å². The number of hydrogen-bond donors (Lipinski definition) is 2. The molecule has 0 unspecified atom stereocenters. The fourth-order valence-electron chi connectivity index (χ4n) is 1.73. The zero-order valence-electron chi connectivity index (χ0n) is 9.84. The number of nitrogens with one attached hydrogen (secondary N) is 2. The van der Waals surface area contributed by atoms with Crippen molar-refractivity contribution in [1.29, 1.82) is 0 Å². The van der Waals surface area contributed by atoms with E-state index in [0.29, 0.717) is 6.17 Å². The summed E-state index contributed by atoms with van der Waals surface area (Å²) in [6.45, 7) is 2.26. The van der Waals surface area contributed by atoms with Gasteiger partial charge < -0.3 is 10.6 Å². The summed E-state index contributed by atoms with van der Waals surface area (Å²) in [6.07, 6.45) is 18.1. The van der Waals surface area contributed by atoms with Gasteiger partial charge in [-0.25, -0.2) is 0 Å². The van der Waals surface area contributed by atoms with Crippen LogP contribution in [0.15, 0.2) is 24.6 Å². The number of unbranched alkanes of at least 4 members (excludes halogenated alkanes) is 5. The van der Waals surface area contributed by atoms with Gasteiger partial charge >= 0.3 is 0 Å². The van der Waals surface area contributed by atoms with E-state index < -0.39 is 0 Å². The monoisotopic (exact) mass is 208 g/mol. The van der Waals surface area contributed by atoms with Crippen molar-refractivity contribution in [3.63, 3.8) is 0 Å². The van der Waals surface area contributed by atoms with E-state index >= 15 is 0 Å². The number of allylic oxidation sites excluding steroid dienone is 1. The van der Waals surface area contributed by atoms with Gasteiger partial charge in [0.2, 0.25) is 0 Å². The first-order chi connectivity index (χ1) is 7.43. The van der Waals surface area contributed by atoms with E-state index in [-0.39, 0.29) is 0 Å². The van der Waals surface area contributed by atoms with E-state index in [0.717, 1.165) is 6.42 Å². The van der Waals surface area contributed by atoms with Gasteiger partial charge in [-0.3, -0.25) is 0 Å². The van der Waals surface area contributed by atoms with E-state index in [1.54, 1.807) is 0 Å². The average Bonchev–Trinajstić information content (AvgIpc) is 2.75. The zero-order chi connectivity index (χ0) is 10.8. The maximum Gasteiger partial charge on any atom is 0.0991 e. The molecule has 0 bridgehead atoms. The minimum Gasteiger partial charge on any atom is -0.370 e. The molecule has 86 valence electrons. The molecule has 2 heteroatoms. The Morgan fingerprint density at radius 3 is 2.47 bits per heavy atom. The van der Waals surface area contributed by atoms with Crippen LogP contribution in [0.5, 0.6) is 0 Å². The van der Waals surface area contributed by atoms with Crippen LogP contribution in [0.1, 0.15) is 51.9 Å². The highest BCUT2D eigenvalue weighted by Gasteiger charge is 2.03. The lowest BCUT2D eigenvalue weighted by Crippen LogP contribution is -2.29. The fourth-order valence-corrected chi connectivity index (χ4v) is 1.73.